The summed E-state index contributed by atoms with van der Waals surface area (Å²) >= 11 is 18.7. The molecule has 0 fully saturated rings. The zero-order valence-electron chi connectivity index (χ0n) is 15.3. The summed E-state index contributed by atoms with van der Waals surface area (Å²) in [5.41, 5.74) is 3.07. The number of ether oxygens (including phenoxy) is 1. The van der Waals surface area contributed by atoms with E-state index in [1.807, 2.05) is 18.2 Å². The minimum atomic E-state index is -1.08. The number of phenols is 1. The molecule has 29 heavy (non-hydrogen) atoms. The Hall–Kier alpha value is -2.40. The molecule has 0 amide bonds. The molecule has 0 aliphatic heterocycles. The summed E-state index contributed by atoms with van der Waals surface area (Å²) in [6, 6.07) is 15.5. The second-order valence-corrected chi connectivity index (χ2v) is 7.75. The average molecular weight is 452 g/mol. The van der Waals surface area contributed by atoms with Crippen LogP contribution in [0.4, 0.5) is 0 Å². The Kier molecular flexibility index (Phi) is 6.58. The highest BCUT2D eigenvalue weighted by Gasteiger charge is 2.16. The predicted octanol–water partition coefficient (Wildman–Crippen LogP) is 6.46. The quantitative estimate of drug-likeness (QED) is 0.451. The fraction of sp³-hybridized carbons (Fsp3) is 0.136. The minimum Gasteiger partial charge on any atom is -0.507 e. The molecule has 2 N–H and O–H groups in total. The number of halogens is 3. The van der Waals surface area contributed by atoms with E-state index in [1.165, 1.54) is 6.92 Å². The normalized spacial score (nSPS) is 11.9. The van der Waals surface area contributed by atoms with Crippen LogP contribution in [0.2, 0.25) is 15.1 Å². The Balaban J connectivity index is 1.89. The smallest absolute Gasteiger partial charge is 0.344 e. The van der Waals surface area contributed by atoms with E-state index in [4.69, 9.17) is 44.6 Å². The van der Waals surface area contributed by atoms with Crippen molar-refractivity contribution in [1.29, 1.82) is 0 Å². The van der Waals surface area contributed by atoms with Crippen molar-refractivity contribution in [3.05, 3.63) is 80.8 Å². The Morgan fingerprint density at radius 3 is 2.21 bits per heavy atom. The molecule has 1 atom stereocenters. The topological polar surface area (TPSA) is 66.8 Å². The second-order valence-electron chi connectivity index (χ2n) is 6.50. The van der Waals surface area contributed by atoms with E-state index in [9.17, 15) is 9.90 Å². The highest BCUT2D eigenvalue weighted by molar-refractivity contribution is 6.36. The summed E-state index contributed by atoms with van der Waals surface area (Å²) in [7, 11) is 0. The van der Waals surface area contributed by atoms with E-state index in [-0.39, 0.29) is 11.5 Å². The van der Waals surface area contributed by atoms with Crippen molar-refractivity contribution in [3.8, 4) is 22.6 Å². The number of aliphatic carboxylic acids is 1. The molecule has 7 heteroatoms. The number of hydrogen-bond acceptors (Lipinski definition) is 3. The lowest BCUT2D eigenvalue weighted by atomic mass is 9.98. The molecule has 0 aromatic heterocycles. The van der Waals surface area contributed by atoms with Gasteiger partial charge in [-0.3, -0.25) is 0 Å². The van der Waals surface area contributed by atoms with Crippen molar-refractivity contribution >= 4 is 40.8 Å². The number of hydrogen-bond donors (Lipinski definition) is 2. The lowest BCUT2D eigenvalue weighted by Gasteiger charge is -2.14. The first-order valence-corrected chi connectivity index (χ1v) is 9.83. The van der Waals surface area contributed by atoms with E-state index in [1.54, 1.807) is 36.4 Å². The third kappa shape index (κ3) is 5.15. The first kappa shape index (κ1) is 21.3. The highest BCUT2D eigenvalue weighted by Crippen LogP contribution is 2.35. The van der Waals surface area contributed by atoms with Gasteiger partial charge in [0.1, 0.15) is 11.5 Å². The van der Waals surface area contributed by atoms with Crippen LogP contribution in [-0.2, 0) is 11.2 Å². The molecule has 0 saturated heterocycles. The maximum atomic E-state index is 11.0. The Morgan fingerprint density at radius 2 is 1.62 bits per heavy atom. The average Bonchev–Trinajstić information content (AvgIpc) is 2.66. The lowest BCUT2D eigenvalue weighted by Crippen LogP contribution is -2.22. The van der Waals surface area contributed by atoms with Crippen molar-refractivity contribution in [2.75, 3.05) is 0 Å². The summed E-state index contributed by atoms with van der Waals surface area (Å²) in [6.45, 7) is 1.42. The predicted molar refractivity (Wildman–Crippen MR) is 116 cm³/mol. The third-order valence-corrected chi connectivity index (χ3v) is 5.30. The van der Waals surface area contributed by atoms with Crippen LogP contribution in [0.5, 0.6) is 11.5 Å². The summed E-state index contributed by atoms with van der Waals surface area (Å²) in [5.74, 6) is -0.647. The van der Waals surface area contributed by atoms with Gasteiger partial charge in [-0.15, -0.1) is 0 Å². The van der Waals surface area contributed by atoms with E-state index >= 15 is 0 Å². The SMILES string of the molecule is CC(Oc1cc(Cl)c(Cc2ccc(O)c(-c3ccc(Cl)cc3)c2)c(Cl)c1)C(=O)O. The molecular formula is C22H17Cl3O4. The standard InChI is InChI=1S/C22H17Cl3O4/c1-12(22(27)28)29-16-10-19(24)18(20(25)11-16)9-13-2-7-21(26)17(8-13)14-3-5-15(23)6-4-14/h2-8,10-12,26H,9H2,1H3,(H,27,28). The molecule has 0 aliphatic rings. The first-order valence-electron chi connectivity index (χ1n) is 8.70. The highest BCUT2D eigenvalue weighted by atomic mass is 35.5. The van der Waals surface area contributed by atoms with E-state index in [2.05, 4.69) is 0 Å². The minimum absolute atomic E-state index is 0.152. The first-order chi connectivity index (χ1) is 13.7. The van der Waals surface area contributed by atoms with Crippen LogP contribution in [0.25, 0.3) is 11.1 Å². The van der Waals surface area contributed by atoms with Gasteiger partial charge in [-0.2, -0.15) is 0 Å². The number of carboxylic acid groups (broad SMARTS) is 1. The van der Waals surface area contributed by atoms with Crippen molar-refractivity contribution in [3.63, 3.8) is 0 Å². The van der Waals surface area contributed by atoms with Gasteiger partial charge in [-0.25, -0.2) is 4.79 Å². The molecule has 1 unspecified atom stereocenters. The van der Waals surface area contributed by atoms with Gasteiger partial charge in [0.25, 0.3) is 0 Å². The monoisotopic (exact) mass is 450 g/mol. The fourth-order valence-corrected chi connectivity index (χ4v) is 3.56. The van der Waals surface area contributed by atoms with Crippen molar-refractivity contribution < 1.29 is 19.7 Å². The molecule has 0 radical (unpaired) electrons. The second kappa shape index (κ2) is 8.95. The van der Waals surface area contributed by atoms with Gasteiger partial charge < -0.3 is 14.9 Å². The lowest BCUT2D eigenvalue weighted by molar-refractivity contribution is -0.144. The van der Waals surface area contributed by atoms with Crippen LogP contribution in [0.3, 0.4) is 0 Å². The van der Waals surface area contributed by atoms with Gasteiger partial charge in [-0.1, -0.05) is 53.0 Å². The van der Waals surface area contributed by atoms with Crippen LogP contribution in [0.1, 0.15) is 18.1 Å². The maximum Gasteiger partial charge on any atom is 0.344 e. The van der Waals surface area contributed by atoms with E-state index < -0.39 is 12.1 Å². The molecular weight excluding hydrogens is 435 g/mol. The van der Waals surface area contributed by atoms with Crippen LogP contribution in [0, 0.1) is 0 Å². The molecule has 0 bridgehead atoms. The van der Waals surface area contributed by atoms with Gasteiger partial charge in [0, 0.05) is 27.1 Å². The van der Waals surface area contributed by atoms with Gasteiger partial charge in [0.05, 0.1) is 0 Å². The van der Waals surface area contributed by atoms with Gasteiger partial charge in [0.2, 0.25) is 0 Å². The van der Waals surface area contributed by atoms with Gasteiger partial charge in [0.15, 0.2) is 6.10 Å². The summed E-state index contributed by atoms with van der Waals surface area (Å²) < 4.78 is 5.33. The molecule has 0 spiro atoms. The maximum absolute atomic E-state index is 11.0. The number of aromatic hydroxyl groups is 1. The van der Waals surface area contributed by atoms with Crippen molar-refractivity contribution in [2.24, 2.45) is 0 Å². The van der Waals surface area contributed by atoms with Crippen LogP contribution in [0.15, 0.2) is 54.6 Å². The van der Waals surface area contributed by atoms with Crippen LogP contribution in [-0.4, -0.2) is 22.3 Å². The van der Waals surface area contributed by atoms with Gasteiger partial charge >= 0.3 is 5.97 Å². The van der Waals surface area contributed by atoms with E-state index in [0.717, 1.165) is 11.1 Å². The third-order valence-electron chi connectivity index (χ3n) is 4.37. The number of phenolic OH excluding ortho intramolecular Hbond substituents is 1. The summed E-state index contributed by atoms with van der Waals surface area (Å²) in [6.07, 6.45) is -0.597. The van der Waals surface area contributed by atoms with E-state index in [0.29, 0.717) is 32.6 Å². The Morgan fingerprint density at radius 1 is 1.00 bits per heavy atom. The number of carboxylic acids is 1. The van der Waals surface area contributed by atoms with Crippen LogP contribution < -0.4 is 4.74 Å². The molecule has 3 aromatic carbocycles. The molecule has 0 aliphatic carbocycles. The zero-order valence-corrected chi connectivity index (χ0v) is 17.6. The molecule has 3 aromatic rings. The Bertz CT molecular complexity index is 1030. The van der Waals surface area contributed by atoms with Gasteiger partial charge in [-0.05, 0) is 60.0 Å². The largest absolute Gasteiger partial charge is 0.507 e. The summed E-state index contributed by atoms with van der Waals surface area (Å²) in [5, 5.41) is 20.6. The molecule has 3 rings (SSSR count). The van der Waals surface area contributed by atoms with Crippen LogP contribution >= 0.6 is 34.8 Å². The molecule has 0 saturated carbocycles. The Labute approximate surface area is 183 Å². The molecule has 0 heterocycles. The fourth-order valence-electron chi connectivity index (χ4n) is 2.83. The van der Waals surface area contributed by atoms with Crippen molar-refractivity contribution in [2.45, 2.75) is 19.4 Å². The number of benzene rings is 3. The molecule has 4 nitrogen and oxygen atoms in total. The molecule has 150 valence electrons. The number of rotatable bonds is 6. The number of carbonyl (C=O) groups is 1. The van der Waals surface area contributed by atoms with Crippen molar-refractivity contribution in [1.82, 2.24) is 0 Å². The zero-order chi connectivity index (χ0) is 21.1. The summed E-state index contributed by atoms with van der Waals surface area (Å²) in [4.78, 5) is 11.0.